The van der Waals surface area contributed by atoms with E-state index in [1.807, 2.05) is 6.20 Å². The van der Waals surface area contributed by atoms with Gasteiger partial charge < -0.3 is 15.0 Å². The number of nitrogens with zero attached hydrogens (tertiary/aromatic N) is 1. The Morgan fingerprint density at radius 3 is 3.10 bits per heavy atom. The molecule has 3 rings (SSSR count). The number of H-pyrrole nitrogens is 1. The zero-order valence-electron chi connectivity index (χ0n) is 12.0. The van der Waals surface area contributed by atoms with Gasteiger partial charge in [-0.25, -0.2) is 4.98 Å². The first kappa shape index (κ1) is 13.2. The number of aromatic amines is 1. The third-order valence-corrected chi connectivity index (χ3v) is 4.05. The first-order valence-electron chi connectivity index (χ1n) is 7.20. The van der Waals surface area contributed by atoms with Crippen LogP contribution in [0.25, 0.3) is 0 Å². The largest absolute Gasteiger partial charge is 0.497 e. The lowest BCUT2D eigenvalue weighted by Gasteiger charge is -2.29. The first-order chi connectivity index (χ1) is 9.78. The third kappa shape index (κ3) is 2.56. The number of aromatic nitrogens is 2. The minimum atomic E-state index is 0.215. The molecule has 1 aliphatic rings. The molecule has 0 bridgehead atoms. The molecule has 2 atom stereocenters. The molecule has 0 saturated carbocycles. The van der Waals surface area contributed by atoms with Gasteiger partial charge in [0.05, 0.1) is 13.2 Å². The summed E-state index contributed by atoms with van der Waals surface area (Å²) < 4.78 is 5.36. The lowest BCUT2D eigenvalue weighted by atomic mass is 9.87. The molecule has 20 heavy (non-hydrogen) atoms. The van der Waals surface area contributed by atoms with Crippen LogP contribution < -0.4 is 10.1 Å². The van der Waals surface area contributed by atoms with E-state index in [4.69, 9.17) is 4.74 Å². The van der Waals surface area contributed by atoms with Crippen molar-refractivity contribution in [3.8, 4) is 5.75 Å². The van der Waals surface area contributed by atoms with Gasteiger partial charge in [0.15, 0.2) is 0 Å². The summed E-state index contributed by atoms with van der Waals surface area (Å²) in [5, 5.41) is 3.68. The minimum Gasteiger partial charge on any atom is -0.497 e. The Bertz CT molecular complexity index is 565. The Labute approximate surface area is 119 Å². The highest BCUT2D eigenvalue weighted by Gasteiger charge is 2.23. The van der Waals surface area contributed by atoms with Gasteiger partial charge in [-0.3, -0.25) is 0 Å². The van der Waals surface area contributed by atoms with E-state index in [1.165, 1.54) is 17.5 Å². The van der Waals surface area contributed by atoms with Gasteiger partial charge in [0, 0.05) is 18.4 Å². The topological polar surface area (TPSA) is 49.9 Å². The number of hydrogen-bond donors (Lipinski definition) is 2. The standard InChI is InChI=1S/C16H21N3O/c1-11(16-17-8-9-18-16)19-15-5-3-4-12-6-7-13(20-2)10-14(12)15/h6-11,15,19H,3-5H2,1-2H3,(H,17,18). The zero-order valence-corrected chi connectivity index (χ0v) is 12.0. The van der Waals surface area contributed by atoms with Crippen LogP contribution in [-0.4, -0.2) is 17.1 Å². The van der Waals surface area contributed by atoms with E-state index in [0.717, 1.165) is 24.4 Å². The van der Waals surface area contributed by atoms with Gasteiger partial charge in [-0.05, 0) is 49.4 Å². The molecule has 2 aromatic rings. The smallest absolute Gasteiger partial charge is 0.122 e. The lowest BCUT2D eigenvalue weighted by Crippen LogP contribution is -2.28. The molecule has 1 aliphatic carbocycles. The van der Waals surface area contributed by atoms with E-state index in [2.05, 4.69) is 40.4 Å². The van der Waals surface area contributed by atoms with E-state index >= 15 is 0 Å². The van der Waals surface area contributed by atoms with Crippen LogP contribution in [0.5, 0.6) is 5.75 Å². The van der Waals surface area contributed by atoms with Crippen molar-refractivity contribution in [2.75, 3.05) is 7.11 Å². The van der Waals surface area contributed by atoms with Gasteiger partial charge in [0.2, 0.25) is 0 Å². The molecular formula is C16H21N3O. The summed E-state index contributed by atoms with van der Waals surface area (Å²) in [7, 11) is 1.72. The number of ether oxygens (including phenoxy) is 1. The van der Waals surface area contributed by atoms with Crippen LogP contribution in [0.2, 0.25) is 0 Å². The van der Waals surface area contributed by atoms with Crippen LogP contribution in [0.15, 0.2) is 30.6 Å². The fourth-order valence-electron chi connectivity index (χ4n) is 2.97. The van der Waals surface area contributed by atoms with Crippen molar-refractivity contribution in [1.29, 1.82) is 0 Å². The molecule has 0 fully saturated rings. The fraction of sp³-hybridized carbons (Fsp3) is 0.438. The van der Waals surface area contributed by atoms with Crippen LogP contribution in [0.1, 0.15) is 48.8 Å². The summed E-state index contributed by atoms with van der Waals surface area (Å²) in [5.74, 6) is 1.92. The molecule has 106 valence electrons. The fourth-order valence-corrected chi connectivity index (χ4v) is 2.97. The van der Waals surface area contributed by atoms with Crippen LogP contribution in [0.3, 0.4) is 0 Å². The monoisotopic (exact) mass is 271 g/mol. The second kappa shape index (κ2) is 5.67. The van der Waals surface area contributed by atoms with Gasteiger partial charge in [0.25, 0.3) is 0 Å². The number of aryl methyl sites for hydroxylation is 1. The predicted octanol–water partition coefficient (Wildman–Crippen LogP) is 3.15. The number of fused-ring (bicyclic) bond motifs is 1. The van der Waals surface area contributed by atoms with Gasteiger partial charge in [0.1, 0.15) is 11.6 Å². The van der Waals surface area contributed by atoms with Gasteiger partial charge in [-0.15, -0.1) is 0 Å². The summed E-state index contributed by atoms with van der Waals surface area (Å²) >= 11 is 0. The molecule has 0 aliphatic heterocycles. The van der Waals surface area contributed by atoms with Crippen molar-refractivity contribution < 1.29 is 4.74 Å². The molecule has 0 radical (unpaired) electrons. The second-order valence-corrected chi connectivity index (χ2v) is 5.37. The van der Waals surface area contributed by atoms with E-state index < -0.39 is 0 Å². The summed E-state index contributed by atoms with van der Waals surface area (Å²) in [6.07, 6.45) is 7.20. The van der Waals surface area contributed by atoms with Gasteiger partial charge in [-0.1, -0.05) is 6.07 Å². The third-order valence-electron chi connectivity index (χ3n) is 4.05. The molecular weight excluding hydrogens is 250 g/mol. The molecule has 4 nitrogen and oxygen atoms in total. The van der Waals surface area contributed by atoms with Crippen molar-refractivity contribution in [3.63, 3.8) is 0 Å². The Kier molecular flexibility index (Phi) is 3.74. The molecule has 0 amide bonds. The number of nitrogens with one attached hydrogen (secondary N) is 2. The minimum absolute atomic E-state index is 0.215. The average Bonchev–Trinajstić information content (AvgIpc) is 3.01. The van der Waals surface area contributed by atoms with E-state index in [0.29, 0.717) is 6.04 Å². The molecule has 4 heteroatoms. The molecule has 2 unspecified atom stereocenters. The van der Waals surface area contributed by atoms with E-state index in [9.17, 15) is 0 Å². The number of rotatable bonds is 4. The van der Waals surface area contributed by atoms with Crippen molar-refractivity contribution in [3.05, 3.63) is 47.5 Å². The van der Waals surface area contributed by atoms with Crippen molar-refractivity contribution in [2.45, 2.75) is 38.3 Å². The van der Waals surface area contributed by atoms with E-state index in [-0.39, 0.29) is 6.04 Å². The molecule has 1 aromatic carbocycles. The highest BCUT2D eigenvalue weighted by atomic mass is 16.5. The number of benzene rings is 1. The summed E-state index contributed by atoms with van der Waals surface area (Å²) in [6, 6.07) is 7.00. The predicted molar refractivity (Wildman–Crippen MR) is 78.8 cm³/mol. The zero-order chi connectivity index (χ0) is 13.9. The summed E-state index contributed by atoms with van der Waals surface area (Å²) in [6.45, 7) is 2.15. The van der Waals surface area contributed by atoms with Gasteiger partial charge >= 0.3 is 0 Å². The number of hydrogen-bond acceptors (Lipinski definition) is 3. The van der Waals surface area contributed by atoms with Gasteiger partial charge in [-0.2, -0.15) is 0 Å². The van der Waals surface area contributed by atoms with Crippen LogP contribution in [-0.2, 0) is 6.42 Å². The lowest BCUT2D eigenvalue weighted by molar-refractivity contribution is 0.395. The maximum atomic E-state index is 5.36. The number of methoxy groups -OCH3 is 1. The van der Waals surface area contributed by atoms with E-state index in [1.54, 1.807) is 13.3 Å². The summed E-state index contributed by atoms with van der Waals surface area (Å²) in [4.78, 5) is 7.50. The Morgan fingerprint density at radius 1 is 1.45 bits per heavy atom. The van der Waals surface area contributed by atoms with Crippen molar-refractivity contribution in [2.24, 2.45) is 0 Å². The summed E-state index contributed by atoms with van der Waals surface area (Å²) in [5.41, 5.74) is 2.80. The van der Waals surface area contributed by atoms with Crippen LogP contribution in [0.4, 0.5) is 0 Å². The Morgan fingerprint density at radius 2 is 2.35 bits per heavy atom. The SMILES string of the molecule is COc1ccc2c(c1)C(NC(C)c1ncc[nH]1)CCC2. The molecule has 2 N–H and O–H groups in total. The van der Waals surface area contributed by atoms with Crippen LogP contribution >= 0.6 is 0 Å². The molecule has 1 heterocycles. The normalized spacial score (nSPS) is 19.4. The molecule has 1 aromatic heterocycles. The maximum Gasteiger partial charge on any atom is 0.122 e. The quantitative estimate of drug-likeness (QED) is 0.898. The first-order valence-corrected chi connectivity index (χ1v) is 7.20. The molecule has 0 saturated heterocycles. The van der Waals surface area contributed by atoms with Crippen molar-refractivity contribution in [1.82, 2.24) is 15.3 Å². The van der Waals surface area contributed by atoms with Crippen molar-refractivity contribution >= 4 is 0 Å². The highest BCUT2D eigenvalue weighted by Crippen LogP contribution is 2.33. The second-order valence-electron chi connectivity index (χ2n) is 5.37. The molecule has 0 spiro atoms. The van der Waals surface area contributed by atoms with Crippen LogP contribution in [0, 0.1) is 0 Å². The average molecular weight is 271 g/mol. The Balaban J connectivity index is 1.82. The maximum absolute atomic E-state index is 5.36. The highest BCUT2D eigenvalue weighted by molar-refractivity contribution is 5.39. The Hall–Kier alpha value is -1.81. The number of imidazole rings is 1.